The Hall–Kier alpha value is -2.77. The lowest BCUT2D eigenvalue weighted by Gasteiger charge is -2.25. The van der Waals surface area contributed by atoms with Crippen LogP contribution in [-0.2, 0) is 13.1 Å². The van der Waals surface area contributed by atoms with E-state index < -0.39 is 6.10 Å². The van der Waals surface area contributed by atoms with Crippen LogP contribution in [0, 0.1) is 0 Å². The van der Waals surface area contributed by atoms with Gasteiger partial charge in [-0.2, -0.15) is 0 Å². The van der Waals surface area contributed by atoms with E-state index in [4.69, 9.17) is 15.2 Å². The van der Waals surface area contributed by atoms with Gasteiger partial charge >= 0.3 is 5.95 Å². The Morgan fingerprint density at radius 1 is 1.00 bits per heavy atom. The molecule has 166 valence electrons. The fraction of sp³-hybridized carbons (Fsp3) is 0.458. The van der Waals surface area contributed by atoms with Gasteiger partial charge < -0.3 is 19.5 Å². The van der Waals surface area contributed by atoms with E-state index in [1.165, 1.54) is 19.3 Å². The van der Waals surface area contributed by atoms with Crippen molar-refractivity contribution in [3.8, 4) is 11.5 Å². The van der Waals surface area contributed by atoms with Gasteiger partial charge in [0.15, 0.2) is 11.5 Å². The number of benzene rings is 2. The number of ether oxygens (including phenoxy) is 2. The Balaban J connectivity index is 1.47. The van der Waals surface area contributed by atoms with Crippen LogP contribution in [0.15, 0.2) is 48.5 Å². The van der Waals surface area contributed by atoms with Crippen LogP contribution in [0.1, 0.15) is 19.3 Å². The van der Waals surface area contributed by atoms with Gasteiger partial charge in [-0.15, -0.1) is 0 Å². The zero-order valence-electron chi connectivity index (χ0n) is 18.2. The minimum Gasteiger partial charge on any atom is -0.493 e. The summed E-state index contributed by atoms with van der Waals surface area (Å²) in [6.45, 7) is 4.67. The van der Waals surface area contributed by atoms with Crippen LogP contribution in [0.5, 0.6) is 11.5 Å². The molecule has 1 aliphatic rings. The number of piperidine rings is 1. The van der Waals surface area contributed by atoms with Crippen LogP contribution < -0.4 is 19.8 Å². The smallest absolute Gasteiger partial charge is 0.356 e. The van der Waals surface area contributed by atoms with Crippen LogP contribution >= 0.6 is 0 Å². The van der Waals surface area contributed by atoms with E-state index in [9.17, 15) is 5.11 Å². The number of hydrogen-bond donors (Lipinski definition) is 2. The van der Waals surface area contributed by atoms with E-state index in [2.05, 4.69) is 21.6 Å². The molecule has 1 aliphatic heterocycles. The van der Waals surface area contributed by atoms with Gasteiger partial charge in [0, 0.05) is 6.54 Å². The molecule has 1 fully saturated rings. The Kier molecular flexibility index (Phi) is 6.94. The summed E-state index contributed by atoms with van der Waals surface area (Å²) in [4.78, 5) is 2.51. The van der Waals surface area contributed by atoms with Crippen molar-refractivity contribution in [1.82, 2.24) is 9.47 Å². The molecule has 4 rings (SSSR count). The highest BCUT2D eigenvalue weighted by atomic mass is 16.5. The number of rotatable bonds is 9. The molecule has 0 spiro atoms. The minimum absolute atomic E-state index is 0.153. The Morgan fingerprint density at radius 2 is 1.71 bits per heavy atom. The lowest BCUT2D eigenvalue weighted by Crippen LogP contribution is -2.44. The second-order valence-electron chi connectivity index (χ2n) is 8.13. The molecule has 3 N–H and O–H groups in total. The molecule has 7 nitrogen and oxygen atoms in total. The molecule has 2 aromatic carbocycles. The van der Waals surface area contributed by atoms with Gasteiger partial charge in [-0.1, -0.05) is 30.7 Å². The van der Waals surface area contributed by atoms with Crippen LogP contribution in [0.2, 0.25) is 0 Å². The summed E-state index contributed by atoms with van der Waals surface area (Å²) in [5.41, 5.74) is 8.68. The first-order valence-corrected chi connectivity index (χ1v) is 11.1. The number of methoxy groups -OCH3 is 1. The van der Waals surface area contributed by atoms with Crippen molar-refractivity contribution in [1.29, 1.82) is 0 Å². The normalized spacial score (nSPS) is 15.8. The van der Waals surface area contributed by atoms with Gasteiger partial charge in [-0.25, -0.2) is 9.13 Å². The largest absolute Gasteiger partial charge is 0.493 e. The quantitative estimate of drug-likeness (QED) is 0.515. The first-order valence-electron chi connectivity index (χ1n) is 11.1. The van der Waals surface area contributed by atoms with E-state index in [1.54, 1.807) is 7.11 Å². The molecule has 0 aliphatic carbocycles. The Morgan fingerprint density at radius 3 is 2.48 bits per heavy atom. The second-order valence-corrected chi connectivity index (χ2v) is 8.13. The number of aliphatic hydroxyl groups is 1. The van der Waals surface area contributed by atoms with Crippen LogP contribution in [-0.4, -0.2) is 54.0 Å². The Labute approximate surface area is 183 Å². The number of nitrogens with zero attached hydrogens (tertiary/aromatic N) is 3. The SMILES string of the molecule is COc1ccccc1OC[C@@H](O)C[n+]1c(N)n(CCN2CCCCC2)c2ccccc21. The highest BCUT2D eigenvalue weighted by molar-refractivity contribution is 5.73. The average Bonchev–Trinajstić information content (AvgIpc) is 3.08. The summed E-state index contributed by atoms with van der Waals surface area (Å²) in [5.74, 6) is 1.93. The Bertz CT molecular complexity index is 998. The monoisotopic (exact) mass is 425 g/mol. The van der Waals surface area contributed by atoms with Crippen molar-refractivity contribution < 1.29 is 19.1 Å². The molecule has 0 amide bonds. The van der Waals surface area contributed by atoms with E-state index in [0.717, 1.165) is 37.2 Å². The first-order chi connectivity index (χ1) is 15.2. The van der Waals surface area contributed by atoms with Gasteiger partial charge in [-0.3, -0.25) is 5.73 Å². The molecule has 7 heteroatoms. The van der Waals surface area contributed by atoms with Crippen LogP contribution in [0.3, 0.4) is 0 Å². The highest BCUT2D eigenvalue weighted by Gasteiger charge is 2.24. The summed E-state index contributed by atoms with van der Waals surface area (Å²) in [6.07, 6.45) is 3.18. The summed E-state index contributed by atoms with van der Waals surface area (Å²) < 4.78 is 15.3. The fourth-order valence-corrected chi connectivity index (χ4v) is 4.35. The lowest BCUT2D eigenvalue weighted by atomic mass is 10.1. The van der Waals surface area contributed by atoms with Gasteiger partial charge in [-0.05, 0) is 50.2 Å². The van der Waals surface area contributed by atoms with Crippen LogP contribution in [0.25, 0.3) is 11.0 Å². The van der Waals surface area contributed by atoms with E-state index in [0.29, 0.717) is 24.0 Å². The van der Waals surface area contributed by atoms with Gasteiger partial charge in [0.2, 0.25) is 0 Å². The van der Waals surface area contributed by atoms with Crippen molar-refractivity contribution in [3.63, 3.8) is 0 Å². The summed E-state index contributed by atoms with van der Waals surface area (Å²) in [7, 11) is 1.61. The fourth-order valence-electron chi connectivity index (χ4n) is 4.35. The van der Waals surface area contributed by atoms with Crippen molar-refractivity contribution in [2.24, 2.45) is 0 Å². The van der Waals surface area contributed by atoms with Gasteiger partial charge in [0.05, 0.1) is 13.7 Å². The summed E-state index contributed by atoms with van der Waals surface area (Å²) >= 11 is 0. The topological polar surface area (TPSA) is 76.8 Å². The zero-order chi connectivity index (χ0) is 21.6. The lowest BCUT2D eigenvalue weighted by molar-refractivity contribution is -0.665. The van der Waals surface area contributed by atoms with Gasteiger partial charge in [0.25, 0.3) is 0 Å². The maximum Gasteiger partial charge on any atom is 0.356 e. The summed E-state index contributed by atoms with van der Waals surface area (Å²) in [6, 6.07) is 15.6. The van der Waals surface area contributed by atoms with E-state index >= 15 is 0 Å². The molecule has 3 aromatic rings. The molecule has 2 heterocycles. The van der Waals surface area contributed by atoms with Crippen molar-refractivity contribution in [2.75, 3.05) is 39.1 Å². The maximum absolute atomic E-state index is 10.7. The number of para-hydroxylation sites is 4. The highest BCUT2D eigenvalue weighted by Crippen LogP contribution is 2.26. The zero-order valence-corrected chi connectivity index (χ0v) is 18.2. The molecule has 0 unspecified atom stereocenters. The molecule has 1 atom stereocenters. The maximum atomic E-state index is 10.7. The number of likely N-dealkylation sites (tertiary alicyclic amines) is 1. The number of nitrogen functional groups attached to an aromatic ring is 1. The van der Waals surface area contributed by atoms with Crippen molar-refractivity contribution >= 4 is 17.0 Å². The predicted octanol–water partition coefficient (Wildman–Crippen LogP) is 2.45. The third kappa shape index (κ3) is 4.94. The molecule has 1 saturated heterocycles. The van der Waals surface area contributed by atoms with Gasteiger partial charge in [0.1, 0.15) is 30.3 Å². The number of imidazole rings is 1. The third-order valence-corrected chi connectivity index (χ3v) is 6.00. The average molecular weight is 426 g/mol. The predicted molar refractivity (Wildman–Crippen MR) is 121 cm³/mol. The second kappa shape index (κ2) is 10.0. The van der Waals surface area contributed by atoms with Crippen molar-refractivity contribution in [3.05, 3.63) is 48.5 Å². The molecular formula is C24H33N4O3+. The number of hydrogen-bond acceptors (Lipinski definition) is 5. The molecule has 0 radical (unpaired) electrons. The van der Waals surface area contributed by atoms with E-state index in [1.807, 2.05) is 41.0 Å². The standard InChI is InChI=1S/C24H32N4O3/c1-30-22-11-5-6-12-23(22)31-18-19(29)17-28-21-10-4-3-9-20(21)27(24(28)25)16-15-26-13-7-2-8-14-26/h3-6,9-12,19,25,29H,2,7-8,13-18H2,1H3/p+1/t19-/m0/s1. The number of aliphatic hydroxyl groups excluding tert-OH is 1. The molecular weight excluding hydrogens is 392 g/mol. The first kappa shape index (κ1) is 21.5. The number of anilines is 1. The minimum atomic E-state index is -0.710. The van der Waals surface area contributed by atoms with Crippen LogP contribution in [0.4, 0.5) is 5.95 Å². The number of fused-ring (bicyclic) bond motifs is 1. The molecule has 31 heavy (non-hydrogen) atoms. The molecule has 1 aromatic heterocycles. The summed E-state index contributed by atoms with van der Waals surface area (Å²) in [5, 5.41) is 10.7. The number of nitrogens with two attached hydrogens (primary N) is 1. The van der Waals surface area contributed by atoms with Crippen molar-refractivity contribution in [2.45, 2.75) is 38.5 Å². The molecule has 0 saturated carbocycles. The van der Waals surface area contributed by atoms with E-state index in [-0.39, 0.29) is 6.61 Å². The number of aromatic nitrogens is 2. The third-order valence-electron chi connectivity index (χ3n) is 6.00. The molecule has 0 bridgehead atoms.